The van der Waals surface area contributed by atoms with Crippen LogP contribution in [0.2, 0.25) is 0 Å². The van der Waals surface area contributed by atoms with Gasteiger partial charge in [0.2, 0.25) is 0 Å². The number of esters is 2. The fourth-order valence-electron chi connectivity index (χ4n) is 10.6. The van der Waals surface area contributed by atoms with Crippen LogP contribution in [0.5, 0.6) is 0 Å². The number of allylic oxidation sites excluding steroid dienone is 12. The van der Waals surface area contributed by atoms with Crippen molar-refractivity contribution in [2.24, 2.45) is 0 Å². The van der Waals surface area contributed by atoms with Crippen molar-refractivity contribution in [3.05, 3.63) is 72.9 Å². The van der Waals surface area contributed by atoms with Crippen LogP contribution in [-0.2, 0) is 32.7 Å². The van der Waals surface area contributed by atoms with E-state index in [0.29, 0.717) is 17.4 Å². The lowest BCUT2D eigenvalue weighted by Crippen LogP contribution is -2.37. The van der Waals surface area contributed by atoms with E-state index in [0.717, 1.165) is 70.6 Å². The van der Waals surface area contributed by atoms with Gasteiger partial charge in [0.15, 0.2) is 6.10 Å². The zero-order chi connectivity index (χ0) is 62.6. The molecule has 0 heterocycles. The average molecular weight is 1230 g/mol. The Balaban J connectivity index is 3.95. The third kappa shape index (κ3) is 70.5. The number of phosphoric acid groups is 1. The molecule has 0 spiro atoms. The molecule has 2 atom stereocenters. The van der Waals surface area contributed by atoms with Crippen LogP contribution in [0.3, 0.4) is 0 Å². The van der Waals surface area contributed by atoms with Crippen LogP contribution in [0.4, 0.5) is 0 Å². The van der Waals surface area contributed by atoms with Gasteiger partial charge in [-0.25, -0.2) is 0 Å². The summed E-state index contributed by atoms with van der Waals surface area (Å²) in [5.74, 6) is -0.821. The van der Waals surface area contributed by atoms with Gasteiger partial charge in [-0.05, 0) is 83.5 Å². The van der Waals surface area contributed by atoms with Crippen molar-refractivity contribution < 1.29 is 42.1 Å². The second kappa shape index (κ2) is 66.9. The molecule has 2 unspecified atom stereocenters. The molecule has 0 saturated heterocycles. The number of quaternary nitrogens is 1. The van der Waals surface area contributed by atoms with E-state index in [9.17, 15) is 19.0 Å². The lowest BCUT2D eigenvalue weighted by molar-refractivity contribution is -0.870. The van der Waals surface area contributed by atoms with Gasteiger partial charge in [-0.15, -0.1) is 0 Å². The van der Waals surface area contributed by atoms with E-state index in [4.69, 9.17) is 18.5 Å². The molecule has 0 fully saturated rings. The Labute approximate surface area is 533 Å². The van der Waals surface area contributed by atoms with Crippen LogP contribution in [0.15, 0.2) is 72.9 Å². The summed E-state index contributed by atoms with van der Waals surface area (Å²) in [4.78, 5) is 38.1. The maximum atomic E-state index is 12.9. The standard InChI is InChI=1S/C76H140NO8P/c1-6-8-10-12-14-16-18-20-22-24-26-28-30-32-33-34-35-36-37-38-39-40-41-42-43-45-46-48-50-52-54-56-58-60-62-64-66-68-75(78)82-72-74(73-84-86(80,81)83-71-70-77(3,4)5)85-76(79)69-67-65-63-61-59-57-55-53-51-49-47-44-31-29-27-25-23-21-19-17-15-13-11-9-7-2/h9,11,15,17-18,20-21,23-24,26-27,29,74H,6-8,10,12-14,16,19,22,25,28,30-73H2,1-5H3/b11-9-,17-15-,20-18-,23-21-,26-24-,29-27-. The molecular formula is C76H140NO8P. The molecule has 86 heavy (non-hydrogen) atoms. The second-order valence-electron chi connectivity index (χ2n) is 25.9. The number of unbranched alkanes of at least 4 members (excludes halogenated alkanes) is 42. The van der Waals surface area contributed by atoms with Crippen LogP contribution >= 0.6 is 7.82 Å². The van der Waals surface area contributed by atoms with Crippen molar-refractivity contribution in [1.29, 1.82) is 0 Å². The Kier molecular flexibility index (Phi) is 64.9. The van der Waals surface area contributed by atoms with E-state index in [1.54, 1.807) is 0 Å². The summed E-state index contributed by atoms with van der Waals surface area (Å²) < 4.78 is 34.3. The van der Waals surface area contributed by atoms with Gasteiger partial charge in [0.05, 0.1) is 27.7 Å². The largest absolute Gasteiger partial charge is 0.756 e. The van der Waals surface area contributed by atoms with E-state index >= 15 is 0 Å². The highest BCUT2D eigenvalue weighted by Crippen LogP contribution is 2.38. The predicted octanol–water partition coefficient (Wildman–Crippen LogP) is 23.3. The van der Waals surface area contributed by atoms with E-state index in [-0.39, 0.29) is 32.0 Å². The number of carbonyl (C=O) groups excluding carboxylic acids is 2. The minimum Gasteiger partial charge on any atom is -0.756 e. The fourth-order valence-corrected chi connectivity index (χ4v) is 11.4. The number of likely N-dealkylation sites (N-methyl/N-ethyl adjacent to an activating group) is 1. The first-order valence-electron chi connectivity index (χ1n) is 36.6. The van der Waals surface area contributed by atoms with E-state index in [1.807, 2.05) is 21.1 Å². The molecule has 502 valence electrons. The number of nitrogens with zero attached hydrogens (tertiary/aromatic N) is 1. The number of phosphoric ester groups is 1. The van der Waals surface area contributed by atoms with Crippen molar-refractivity contribution in [2.45, 2.75) is 354 Å². The van der Waals surface area contributed by atoms with Gasteiger partial charge in [-0.3, -0.25) is 14.2 Å². The fraction of sp³-hybridized carbons (Fsp3) is 0.816. The molecule has 0 amide bonds. The summed E-state index contributed by atoms with van der Waals surface area (Å²) in [6, 6.07) is 0. The van der Waals surface area contributed by atoms with Crippen molar-refractivity contribution in [3.63, 3.8) is 0 Å². The summed E-state index contributed by atoms with van der Waals surface area (Å²) >= 11 is 0. The summed E-state index contributed by atoms with van der Waals surface area (Å²) in [6.45, 7) is 4.16. The van der Waals surface area contributed by atoms with Gasteiger partial charge < -0.3 is 27.9 Å². The van der Waals surface area contributed by atoms with Crippen LogP contribution in [0, 0.1) is 0 Å². The molecule has 10 heteroatoms. The SMILES string of the molecule is CC/C=C\C/C=C\C/C=C\C/C=C\CCCCCCCCCCCCCCC(=O)OC(COC(=O)CCCCCCCCCCCCCCCCCCCCCCCCCCC/C=C\C/C=C\CCCCCCC)COP(=O)([O-])OCC[N+](C)(C)C. The first-order chi connectivity index (χ1) is 42.0. The Morgan fingerprint density at radius 3 is 0.988 bits per heavy atom. The maximum Gasteiger partial charge on any atom is 0.306 e. The number of hydrogen-bond donors (Lipinski definition) is 0. The highest BCUT2D eigenvalue weighted by molar-refractivity contribution is 7.45. The monoisotopic (exact) mass is 1230 g/mol. The summed E-state index contributed by atoms with van der Waals surface area (Å²) in [5.41, 5.74) is 0. The van der Waals surface area contributed by atoms with Crippen LogP contribution < -0.4 is 4.89 Å². The lowest BCUT2D eigenvalue weighted by atomic mass is 10.0. The summed E-state index contributed by atoms with van der Waals surface area (Å²) in [7, 11) is 1.17. The molecule has 0 bridgehead atoms. The number of hydrogen-bond acceptors (Lipinski definition) is 8. The minimum absolute atomic E-state index is 0.0314. The molecule has 0 rings (SSSR count). The summed E-state index contributed by atoms with van der Waals surface area (Å²) in [5, 5.41) is 0. The van der Waals surface area contributed by atoms with E-state index in [2.05, 4.69) is 86.8 Å². The molecule has 0 N–H and O–H groups in total. The smallest absolute Gasteiger partial charge is 0.306 e. The molecule has 0 aromatic carbocycles. The molecule has 0 aromatic heterocycles. The third-order valence-electron chi connectivity index (χ3n) is 16.2. The molecule has 0 aliphatic heterocycles. The predicted molar refractivity (Wildman–Crippen MR) is 370 cm³/mol. The van der Waals surface area contributed by atoms with E-state index in [1.165, 1.54) is 244 Å². The minimum atomic E-state index is -4.64. The molecule has 0 radical (unpaired) electrons. The van der Waals surface area contributed by atoms with Crippen LogP contribution in [0.25, 0.3) is 0 Å². The normalized spacial score (nSPS) is 13.5. The highest BCUT2D eigenvalue weighted by Gasteiger charge is 2.22. The van der Waals surface area contributed by atoms with Crippen molar-refractivity contribution in [3.8, 4) is 0 Å². The molecule has 0 saturated carbocycles. The number of ether oxygens (including phenoxy) is 2. The Morgan fingerprint density at radius 1 is 0.372 bits per heavy atom. The Morgan fingerprint density at radius 2 is 0.663 bits per heavy atom. The summed E-state index contributed by atoms with van der Waals surface area (Å²) in [6.07, 6.45) is 90.0. The van der Waals surface area contributed by atoms with Gasteiger partial charge in [-0.2, -0.15) is 0 Å². The first kappa shape index (κ1) is 83.5. The van der Waals surface area contributed by atoms with Gasteiger partial charge in [-0.1, -0.05) is 324 Å². The number of rotatable bonds is 68. The van der Waals surface area contributed by atoms with Gasteiger partial charge in [0, 0.05) is 12.8 Å². The zero-order valence-electron chi connectivity index (χ0n) is 57.3. The van der Waals surface area contributed by atoms with Gasteiger partial charge >= 0.3 is 11.9 Å². The highest BCUT2D eigenvalue weighted by atomic mass is 31.2. The topological polar surface area (TPSA) is 111 Å². The van der Waals surface area contributed by atoms with E-state index < -0.39 is 26.5 Å². The molecule has 0 aromatic rings. The van der Waals surface area contributed by atoms with Crippen LogP contribution in [-0.4, -0.2) is 70.0 Å². The van der Waals surface area contributed by atoms with Crippen molar-refractivity contribution in [2.75, 3.05) is 47.5 Å². The first-order valence-corrected chi connectivity index (χ1v) is 38.1. The lowest BCUT2D eigenvalue weighted by Gasteiger charge is -2.28. The Bertz CT molecular complexity index is 1680. The van der Waals surface area contributed by atoms with Gasteiger partial charge in [0.25, 0.3) is 7.82 Å². The van der Waals surface area contributed by atoms with Crippen molar-refractivity contribution in [1.82, 2.24) is 0 Å². The average Bonchev–Trinajstić information content (AvgIpc) is 3.70. The molecule has 0 aliphatic carbocycles. The van der Waals surface area contributed by atoms with Gasteiger partial charge in [0.1, 0.15) is 19.8 Å². The Hall–Kier alpha value is -2.55. The maximum absolute atomic E-state index is 12.9. The zero-order valence-corrected chi connectivity index (χ0v) is 58.2. The molecule has 9 nitrogen and oxygen atoms in total. The molecule has 0 aliphatic rings. The molecular weight excluding hydrogens is 1090 g/mol. The number of carbonyl (C=O) groups is 2. The van der Waals surface area contributed by atoms with Crippen molar-refractivity contribution >= 4 is 19.8 Å². The third-order valence-corrected chi connectivity index (χ3v) is 17.2. The quantitative estimate of drug-likeness (QED) is 0.0195. The van der Waals surface area contributed by atoms with Crippen LogP contribution in [0.1, 0.15) is 348 Å². The second-order valence-corrected chi connectivity index (χ2v) is 27.3.